The van der Waals surface area contributed by atoms with Gasteiger partial charge in [-0.3, -0.25) is 4.90 Å². The topological polar surface area (TPSA) is 23.5 Å². The summed E-state index contributed by atoms with van der Waals surface area (Å²) >= 11 is 0. The minimum absolute atomic E-state index is 0.00143. The van der Waals surface area contributed by atoms with Gasteiger partial charge in [-0.05, 0) is 37.2 Å². The van der Waals surface area contributed by atoms with E-state index in [-0.39, 0.29) is 11.6 Å². The third-order valence-electron chi connectivity index (χ3n) is 2.62. The Labute approximate surface area is 96.7 Å². The molecule has 0 aliphatic heterocycles. The average Bonchev–Trinajstić information content (AvgIpc) is 2.22. The summed E-state index contributed by atoms with van der Waals surface area (Å²) < 4.78 is 13.1. The standard InChI is InChI=1S/C13H20FNO/c1-3-5-6-15(4-2)10-11-7-12(14)9-13(16)8-11/h7-9,16H,3-6,10H2,1-2H3. The number of benzene rings is 1. The zero-order valence-electron chi connectivity index (χ0n) is 10.0. The smallest absolute Gasteiger partial charge is 0.127 e. The molecule has 0 atom stereocenters. The van der Waals surface area contributed by atoms with Crippen molar-refractivity contribution in [3.63, 3.8) is 0 Å². The van der Waals surface area contributed by atoms with Gasteiger partial charge in [0, 0.05) is 12.6 Å². The van der Waals surface area contributed by atoms with Gasteiger partial charge in [0.15, 0.2) is 0 Å². The maximum absolute atomic E-state index is 13.1. The van der Waals surface area contributed by atoms with Gasteiger partial charge in [0.1, 0.15) is 11.6 Å². The minimum atomic E-state index is -0.374. The third-order valence-corrected chi connectivity index (χ3v) is 2.62. The Bertz CT molecular complexity index is 307. The number of unbranched alkanes of at least 4 members (excludes halogenated alkanes) is 1. The van der Waals surface area contributed by atoms with E-state index in [0.29, 0.717) is 6.54 Å². The Morgan fingerprint density at radius 3 is 2.56 bits per heavy atom. The van der Waals surface area contributed by atoms with Crippen LogP contribution in [-0.4, -0.2) is 23.1 Å². The minimum Gasteiger partial charge on any atom is -0.508 e. The molecule has 0 radical (unpaired) electrons. The van der Waals surface area contributed by atoms with Gasteiger partial charge in [-0.25, -0.2) is 4.39 Å². The summed E-state index contributed by atoms with van der Waals surface area (Å²) in [4.78, 5) is 2.25. The van der Waals surface area contributed by atoms with Crippen molar-refractivity contribution in [3.8, 4) is 5.75 Å². The molecular weight excluding hydrogens is 205 g/mol. The van der Waals surface area contributed by atoms with Crippen molar-refractivity contribution in [2.45, 2.75) is 33.2 Å². The molecular formula is C13H20FNO. The lowest BCUT2D eigenvalue weighted by Crippen LogP contribution is -2.23. The second-order valence-corrected chi connectivity index (χ2v) is 4.04. The van der Waals surface area contributed by atoms with Crippen LogP contribution in [0.2, 0.25) is 0 Å². The van der Waals surface area contributed by atoms with Crippen LogP contribution in [-0.2, 0) is 6.54 Å². The number of rotatable bonds is 6. The van der Waals surface area contributed by atoms with Gasteiger partial charge >= 0.3 is 0 Å². The molecule has 90 valence electrons. The first kappa shape index (κ1) is 13.0. The molecule has 1 N–H and O–H groups in total. The molecule has 0 aromatic heterocycles. The zero-order valence-corrected chi connectivity index (χ0v) is 10.0. The molecule has 0 aliphatic carbocycles. The first-order chi connectivity index (χ1) is 7.65. The van der Waals surface area contributed by atoms with E-state index in [9.17, 15) is 9.50 Å². The van der Waals surface area contributed by atoms with Crippen LogP contribution in [0, 0.1) is 5.82 Å². The summed E-state index contributed by atoms with van der Waals surface area (Å²) in [6.45, 7) is 6.90. The molecule has 1 rings (SSSR count). The van der Waals surface area contributed by atoms with E-state index in [1.165, 1.54) is 6.07 Å². The van der Waals surface area contributed by atoms with Crippen LogP contribution >= 0.6 is 0 Å². The zero-order chi connectivity index (χ0) is 12.0. The Balaban J connectivity index is 2.62. The Morgan fingerprint density at radius 1 is 1.25 bits per heavy atom. The second kappa shape index (κ2) is 6.48. The molecule has 16 heavy (non-hydrogen) atoms. The molecule has 0 spiro atoms. The van der Waals surface area contributed by atoms with E-state index in [1.807, 2.05) is 0 Å². The van der Waals surface area contributed by atoms with E-state index >= 15 is 0 Å². The van der Waals surface area contributed by atoms with E-state index in [4.69, 9.17) is 0 Å². The normalized spacial score (nSPS) is 11.0. The highest BCUT2D eigenvalue weighted by molar-refractivity contribution is 5.28. The fourth-order valence-electron chi connectivity index (χ4n) is 1.71. The Hall–Kier alpha value is -1.09. The van der Waals surface area contributed by atoms with Crippen molar-refractivity contribution in [1.29, 1.82) is 0 Å². The monoisotopic (exact) mass is 225 g/mol. The van der Waals surface area contributed by atoms with Crippen molar-refractivity contribution in [1.82, 2.24) is 4.90 Å². The van der Waals surface area contributed by atoms with Gasteiger partial charge in [-0.15, -0.1) is 0 Å². The SMILES string of the molecule is CCCCN(CC)Cc1cc(O)cc(F)c1. The predicted molar refractivity (Wildman–Crippen MR) is 63.9 cm³/mol. The highest BCUT2D eigenvalue weighted by Crippen LogP contribution is 2.16. The van der Waals surface area contributed by atoms with Crippen molar-refractivity contribution >= 4 is 0 Å². The molecule has 0 heterocycles. The van der Waals surface area contributed by atoms with Gasteiger partial charge in [-0.2, -0.15) is 0 Å². The van der Waals surface area contributed by atoms with Crippen molar-refractivity contribution in [2.75, 3.05) is 13.1 Å². The fraction of sp³-hybridized carbons (Fsp3) is 0.538. The number of hydrogen-bond acceptors (Lipinski definition) is 2. The molecule has 3 heteroatoms. The number of nitrogens with zero attached hydrogens (tertiary/aromatic N) is 1. The number of phenols is 1. The van der Waals surface area contributed by atoms with Crippen molar-refractivity contribution in [2.24, 2.45) is 0 Å². The van der Waals surface area contributed by atoms with Gasteiger partial charge in [-0.1, -0.05) is 20.3 Å². The van der Waals surface area contributed by atoms with Gasteiger partial charge in [0.2, 0.25) is 0 Å². The number of aromatic hydroxyl groups is 1. The molecule has 1 aromatic carbocycles. The summed E-state index contributed by atoms with van der Waals surface area (Å²) in [5.41, 5.74) is 0.829. The van der Waals surface area contributed by atoms with Crippen molar-refractivity contribution in [3.05, 3.63) is 29.6 Å². The van der Waals surface area contributed by atoms with E-state index in [0.717, 1.165) is 37.6 Å². The molecule has 0 fully saturated rings. The Kier molecular flexibility index (Phi) is 5.26. The molecule has 0 amide bonds. The van der Waals surface area contributed by atoms with Crippen LogP contribution in [0.15, 0.2) is 18.2 Å². The van der Waals surface area contributed by atoms with Gasteiger partial charge in [0.25, 0.3) is 0 Å². The maximum Gasteiger partial charge on any atom is 0.127 e. The van der Waals surface area contributed by atoms with Gasteiger partial charge < -0.3 is 5.11 Å². The molecule has 2 nitrogen and oxygen atoms in total. The average molecular weight is 225 g/mol. The fourth-order valence-corrected chi connectivity index (χ4v) is 1.71. The van der Waals surface area contributed by atoms with Crippen LogP contribution in [0.25, 0.3) is 0 Å². The molecule has 0 aliphatic rings. The summed E-state index contributed by atoms with van der Waals surface area (Å²) in [6.07, 6.45) is 2.31. The number of halogens is 1. The van der Waals surface area contributed by atoms with Crippen LogP contribution in [0.4, 0.5) is 4.39 Å². The molecule has 0 saturated heterocycles. The van der Waals surface area contributed by atoms with Crippen LogP contribution in [0.3, 0.4) is 0 Å². The summed E-state index contributed by atoms with van der Waals surface area (Å²) in [5.74, 6) is -0.372. The maximum atomic E-state index is 13.1. The van der Waals surface area contributed by atoms with Crippen molar-refractivity contribution < 1.29 is 9.50 Å². The quantitative estimate of drug-likeness (QED) is 0.804. The van der Waals surface area contributed by atoms with E-state index in [1.54, 1.807) is 6.07 Å². The molecule has 0 saturated carbocycles. The predicted octanol–water partition coefficient (Wildman–Crippen LogP) is 3.15. The first-order valence-electron chi connectivity index (χ1n) is 5.86. The Morgan fingerprint density at radius 2 is 2.00 bits per heavy atom. The van der Waals surface area contributed by atoms with Crippen LogP contribution < -0.4 is 0 Å². The molecule has 1 aromatic rings. The largest absolute Gasteiger partial charge is 0.508 e. The summed E-state index contributed by atoms with van der Waals surface area (Å²) in [7, 11) is 0. The van der Waals surface area contributed by atoms with Crippen LogP contribution in [0.1, 0.15) is 32.3 Å². The first-order valence-corrected chi connectivity index (χ1v) is 5.86. The molecule has 0 bridgehead atoms. The number of phenolic OH excluding ortho intramolecular Hbond substituents is 1. The summed E-state index contributed by atoms with van der Waals surface area (Å²) in [6, 6.07) is 4.23. The lowest BCUT2D eigenvalue weighted by atomic mass is 10.2. The lowest BCUT2D eigenvalue weighted by molar-refractivity contribution is 0.274. The molecule has 0 unspecified atom stereocenters. The van der Waals surface area contributed by atoms with E-state index in [2.05, 4.69) is 18.7 Å². The third kappa shape index (κ3) is 4.19. The number of hydrogen-bond donors (Lipinski definition) is 1. The highest BCUT2D eigenvalue weighted by atomic mass is 19.1. The summed E-state index contributed by atoms with van der Waals surface area (Å²) in [5, 5.41) is 9.30. The lowest BCUT2D eigenvalue weighted by Gasteiger charge is -2.20. The van der Waals surface area contributed by atoms with E-state index < -0.39 is 0 Å². The van der Waals surface area contributed by atoms with Crippen LogP contribution in [0.5, 0.6) is 5.75 Å². The second-order valence-electron chi connectivity index (χ2n) is 4.04. The highest BCUT2D eigenvalue weighted by Gasteiger charge is 2.05. The van der Waals surface area contributed by atoms with Gasteiger partial charge in [0.05, 0.1) is 0 Å².